The van der Waals surface area contributed by atoms with Crippen LogP contribution >= 0.6 is 11.6 Å². The Morgan fingerprint density at radius 2 is 2.10 bits per heavy atom. The second-order valence-corrected chi connectivity index (χ2v) is 5.45. The third-order valence-corrected chi connectivity index (χ3v) is 3.82. The molecule has 0 saturated carbocycles. The average Bonchev–Trinajstić information content (AvgIpc) is 2.78. The molecule has 1 aromatic carbocycles. The molecule has 20 heavy (non-hydrogen) atoms. The Morgan fingerprint density at radius 1 is 1.45 bits per heavy atom. The molecule has 1 fully saturated rings. The molecule has 108 valence electrons. The molecule has 1 aromatic rings. The third-order valence-electron chi connectivity index (χ3n) is 3.57. The van der Waals surface area contributed by atoms with Gasteiger partial charge in [-0.1, -0.05) is 23.7 Å². The molecule has 1 heterocycles. The Morgan fingerprint density at radius 3 is 2.60 bits per heavy atom. The molecule has 1 amide bonds. The number of carboxylic acid groups (broad SMARTS) is 1. The Balaban J connectivity index is 2.26. The summed E-state index contributed by atoms with van der Waals surface area (Å²) in [5.41, 5.74) is 6.39. The molecule has 3 N–H and O–H groups in total. The summed E-state index contributed by atoms with van der Waals surface area (Å²) in [7, 11) is 0. The smallest absolute Gasteiger partial charge is 0.305 e. The van der Waals surface area contributed by atoms with Crippen molar-refractivity contribution in [3.8, 4) is 0 Å². The summed E-state index contributed by atoms with van der Waals surface area (Å²) in [4.78, 5) is 24.8. The SMILES string of the molecule is NCC1CC(=O)N(C(CC(=O)O)c2ccc(Cl)cc2)C1. The number of nitrogens with zero attached hydrogens (tertiary/aromatic N) is 1. The summed E-state index contributed by atoms with van der Waals surface area (Å²) in [5.74, 6) is -0.873. The summed E-state index contributed by atoms with van der Waals surface area (Å²) >= 11 is 5.84. The molecule has 2 unspecified atom stereocenters. The molecule has 2 rings (SSSR count). The Kier molecular flexibility index (Phi) is 4.62. The first-order chi connectivity index (χ1) is 9.51. The van der Waals surface area contributed by atoms with Crippen LogP contribution in [0.25, 0.3) is 0 Å². The van der Waals surface area contributed by atoms with E-state index >= 15 is 0 Å². The number of aliphatic carboxylic acids is 1. The van der Waals surface area contributed by atoms with Crippen molar-refractivity contribution < 1.29 is 14.7 Å². The first kappa shape index (κ1) is 14.8. The number of halogens is 1. The first-order valence-corrected chi connectivity index (χ1v) is 6.86. The lowest BCUT2D eigenvalue weighted by molar-refractivity contribution is -0.139. The molecule has 0 aliphatic carbocycles. The van der Waals surface area contributed by atoms with Crippen LogP contribution in [0.4, 0.5) is 0 Å². The van der Waals surface area contributed by atoms with Crippen molar-refractivity contribution in [2.24, 2.45) is 11.7 Å². The van der Waals surface area contributed by atoms with Crippen molar-refractivity contribution >= 4 is 23.5 Å². The van der Waals surface area contributed by atoms with E-state index in [-0.39, 0.29) is 18.2 Å². The second-order valence-electron chi connectivity index (χ2n) is 5.02. The lowest BCUT2D eigenvalue weighted by Crippen LogP contribution is -2.32. The van der Waals surface area contributed by atoms with E-state index in [9.17, 15) is 9.59 Å². The van der Waals surface area contributed by atoms with Crippen LogP contribution in [-0.4, -0.2) is 35.0 Å². The van der Waals surface area contributed by atoms with E-state index in [1.165, 1.54) is 0 Å². The quantitative estimate of drug-likeness (QED) is 0.865. The van der Waals surface area contributed by atoms with Crippen LogP contribution in [0.2, 0.25) is 5.02 Å². The fourth-order valence-corrected chi connectivity index (χ4v) is 2.65. The van der Waals surface area contributed by atoms with Crippen LogP contribution < -0.4 is 5.73 Å². The molecule has 2 atom stereocenters. The Labute approximate surface area is 122 Å². The van der Waals surface area contributed by atoms with Crippen LogP contribution in [0, 0.1) is 5.92 Å². The van der Waals surface area contributed by atoms with Crippen LogP contribution in [0.15, 0.2) is 24.3 Å². The fourth-order valence-electron chi connectivity index (χ4n) is 2.53. The van der Waals surface area contributed by atoms with Gasteiger partial charge in [0.25, 0.3) is 0 Å². The van der Waals surface area contributed by atoms with Crippen molar-refractivity contribution in [3.63, 3.8) is 0 Å². The average molecular weight is 297 g/mol. The van der Waals surface area contributed by atoms with Gasteiger partial charge in [-0.05, 0) is 30.2 Å². The summed E-state index contributed by atoms with van der Waals surface area (Å²) in [6.07, 6.45) is 0.269. The number of likely N-dealkylation sites (tertiary alicyclic amines) is 1. The molecular formula is C14H17ClN2O3. The van der Waals surface area contributed by atoms with E-state index < -0.39 is 12.0 Å². The standard InChI is InChI=1S/C14H17ClN2O3/c15-11-3-1-10(2-4-11)12(6-14(19)20)17-8-9(7-16)5-13(17)18/h1-4,9,12H,5-8,16H2,(H,19,20). The molecule has 1 aliphatic rings. The molecule has 1 aliphatic heterocycles. The molecule has 0 radical (unpaired) electrons. The van der Waals surface area contributed by atoms with Gasteiger partial charge < -0.3 is 15.7 Å². The van der Waals surface area contributed by atoms with Crippen LogP contribution in [-0.2, 0) is 9.59 Å². The largest absolute Gasteiger partial charge is 0.481 e. The van der Waals surface area contributed by atoms with E-state index in [1.807, 2.05) is 0 Å². The van der Waals surface area contributed by atoms with E-state index in [2.05, 4.69) is 0 Å². The van der Waals surface area contributed by atoms with Gasteiger partial charge in [0.15, 0.2) is 0 Å². The van der Waals surface area contributed by atoms with Gasteiger partial charge in [0, 0.05) is 18.0 Å². The Bertz CT molecular complexity index is 504. The van der Waals surface area contributed by atoms with Gasteiger partial charge in [-0.25, -0.2) is 0 Å². The van der Waals surface area contributed by atoms with Gasteiger partial charge in [0.05, 0.1) is 12.5 Å². The molecular weight excluding hydrogens is 280 g/mol. The van der Waals surface area contributed by atoms with Gasteiger partial charge in [-0.2, -0.15) is 0 Å². The highest BCUT2D eigenvalue weighted by Crippen LogP contribution is 2.31. The number of hydrogen-bond acceptors (Lipinski definition) is 3. The zero-order valence-corrected chi connectivity index (χ0v) is 11.7. The lowest BCUT2D eigenvalue weighted by Gasteiger charge is -2.27. The number of hydrogen-bond donors (Lipinski definition) is 2. The fraction of sp³-hybridized carbons (Fsp3) is 0.429. The highest BCUT2D eigenvalue weighted by Gasteiger charge is 2.35. The molecule has 6 heteroatoms. The van der Waals surface area contributed by atoms with E-state index in [0.29, 0.717) is 24.5 Å². The predicted octanol–water partition coefficient (Wildman–Crippen LogP) is 1.66. The van der Waals surface area contributed by atoms with Gasteiger partial charge in [0.2, 0.25) is 5.91 Å². The molecule has 0 spiro atoms. The van der Waals surface area contributed by atoms with Crippen molar-refractivity contribution in [1.82, 2.24) is 4.90 Å². The number of carbonyl (C=O) groups excluding carboxylic acids is 1. The molecule has 1 saturated heterocycles. The topological polar surface area (TPSA) is 83.6 Å². The van der Waals surface area contributed by atoms with Crippen molar-refractivity contribution in [2.45, 2.75) is 18.9 Å². The minimum Gasteiger partial charge on any atom is -0.481 e. The lowest BCUT2D eigenvalue weighted by atomic mass is 10.0. The predicted molar refractivity (Wildman–Crippen MR) is 75.3 cm³/mol. The number of benzene rings is 1. The highest BCUT2D eigenvalue weighted by molar-refractivity contribution is 6.30. The van der Waals surface area contributed by atoms with Gasteiger partial charge in [0.1, 0.15) is 0 Å². The maximum Gasteiger partial charge on any atom is 0.305 e. The molecule has 0 aromatic heterocycles. The minimum atomic E-state index is -0.936. The number of carboxylic acids is 1. The van der Waals surface area contributed by atoms with Crippen LogP contribution in [0.5, 0.6) is 0 Å². The molecule has 5 nitrogen and oxygen atoms in total. The summed E-state index contributed by atoms with van der Waals surface area (Å²) < 4.78 is 0. The summed E-state index contributed by atoms with van der Waals surface area (Å²) in [6, 6.07) is 6.46. The van der Waals surface area contributed by atoms with E-state index in [1.54, 1.807) is 29.2 Å². The minimum absolute atomic E-state index is 0.0401. The maximum atomic E-state index is 12.1. The van der Waals surface area contributed by atoms with Crippen molar-refractivity contribution in [3.05, 3.63) is 34.9 Å². The number of rotatable bonds is 5. The van der Waals surface area contributed by atoms with Crippen molar-refractivity contribution in [1.29, 1.82) is 0 Å². The number of carbonyl (C=O) groups is 2. The zero-order chi connectivity index (χ0) is 14.7. The number of nitrogens with two attached hydrogens (primary N) is 1. The van der Waals surface area contributed by atoms with Gasteiger partial charge in [-0.3, -0.25) is 9.59 Å². The Hall–Kier alpha value is -1.59. The summed E-state index contributed by atoms with van der Waals surface area (Å²) in [6.45, 7) is 0.943. The number of amides is 1. The summed E-state index contributed by atoms with van der Waals surface area (Å²) in [5, 5.41) is 9.66. The third kappa shape index (κ3) is 3.29. The van der Waals surface area contributed by atoms with Crippen LogP contribution in [0.1, 0.15) is 24.4 Å². The normalized spacial score (nSPS) is 20.2. The highest BCUT2D eigenvalue weighted by atomic mass is 35.5. The van der Waals surface area contributed by atoms with Crippen LogP contribution in [0.3, 0.4) is 0 Å². The zero-order valence-electron chi connectivity index (χ0n) is 11.0. The van der Waals surface area contributed by atoms with Crippen molar-refractivity contribution in [2.75, 3.05) is 13.1 Å². The monoisotopic (exact) mass is 296 g/mol. The van der Waals surface area contributed by atoms with E-state index in [4.69, 9.17) is 22.4 Å². The van der Waals surface area contributed by atoms with Gasteiger partial charge >= 0.3 is 5.97 Å². The van der Waals surface area contributed by atoms with E-state index in [0.717, 1.165) is 5.56 Å². The second kappa shape index (κ2) is 6.24. The molecule has 0 bridgehead atoms. The maximum absolute atomic E-state index is 12.1. The first-order valence-electron chi connectivity index (χ1n) is 6.48. The van der Waals surface area contributed by atoms with Gasteiger partial charge in [-0.15, -0.1) is 0 Å².